The molecule has 0 saturated heterocycles. The zero-order chi connectivity index (χ0) is 11.5. The molecular weight excluding hydrogens is 220 g/mol. The van der Waals surface area contributed by atoms with E-state index in [9.17, 15) is 18.0 Å². The van der Waals surface area contributed by atoms with Crippen molar-refractivity contribution in [3.8, 4) is 0 Å². The molecule has 5 nitrogen and oxygen atoms in total. The Kier molecular flexibility index (Phi) is 3.84. The van der Waals surface area contributed by atoms with Gasteiger partial charge in [-0.3, -0.25) is 9.59 Å². The van der Waals surface area contributed by atoms with Gasteiger partial charge in [0.05, 0.1) is 24.5 Å². The van der Waals surface area contributed by atoms with Crippen LogP contribution in [-0.2, 0) is 24.2 Å². The number of ether oxygens (including phenoxy) is 1. The third-order valence-electron chi connectivity index (χ3n) is 2.53. The van der Waals surface area contributed by atoms with Crippen LogP contribution >= 0.6 is 0 Å². The standard InChI is InChI=1S/C9H14O5S/c1-14-9(11)4-5-15(12,13)8-3-2-7(10)6-8/h8H,2-6H2,1H3. The minimum Gasteiger partial charge on any atom is -0.469 e. The van der Waals surface area contributed by atoms with Gasteiger partial charge in [0.1, 0.15) is 5.78 Å². The number of carbonyl (C=O) groups is 2. The molecule has 1 unspecified atom stereocenters. The Morgan fingerprint density at radius 3 is 2.67 bits per heavy atom. The SMILES string of the molecule is COC(=O)CCS(=O)(=O)C1CCC(=O)C1. The Bertz CT molecular complexity index is 357. The van der Waals surface area contributed by atoms with Gasteiger partial charge in [-0.1, -0.05) is 0 Å². The first kappa shape index (κ1) is 12.2. The minimum absolute atomic E-state index is 0.0124. The van der Waals surface area contributed by atoms with E-state index in [1.165, 1.54) is 7.11 Å². The maximum atomic E-state index is 11.6. The van der Waals surface area contributed by atoms with Crippen molar-refractivity contribution < 1.29 is 22.7 Å². The number of ketones is 1. The first-order valence-electron chi connectivity index (χ1n) is 4.76. The fraction of sp³-hybridized carbons (Fsp3) is 0.778. The summed E-state index contributed by atoms with van der Waals surface area (Å²) in [6.45, 7) is 0. The summed E-state index contributed by atoms with van der Waals surface area (Å²) in [6.07, 6.45) is 0.692. The van der Waals surface area contributed by atoms with Crippen LogP contribution in [0.4, 0.5) is 0 Å². The Labute approximate surface area is 88.7 Å². The van der Waals surface area contributed by atoms with E-state index in [1.54, 1.807) is 0 Å². The minimum atomic E-state index is -3.32. The first-order valence-corrected chi connectivity index (χ1v) is 6.47. The summed E-state index contributed by atoms with van der Waals surface area (Å²) in [6, 6.07) is 0. The summed E-state index contributed by atoms with van der Waals surface area (Å²) >= 11 is 0. The highest BCUT2D eigenvalue weighted by Gasteiger charge is 2.33. The fourth-order valence-corrected chi connectivity index (χ4v) is 3.28. The van der Waals surface area contributed by atoms with Gasteiger partial charge in [-0.05, 0) is 6.42 Å². The molecule has 0 aromatic rings. The number of methoxy groups -OCH3 is 1. The molecular formula is C9H14O5S. The smallest absolute Gasteiger partial charge is 0.306 e. The van der Waals surface area contributed by atoms with Crippen LogP contribution in [0, 0.1) is 0 Å². The molecule has 1 aliphatic rings. The summed E-state index contributed by atoms with van der Waals surface area (Å²) in [4.78, 5) is 21.7. The first-order chi connectivity index (χ1) is 6.95. The summed E-state index contributed by atoms with van der Waals surface area (Å²) in [5.41, 5.74) is 0. The number of carbonyl (C=O) groups excluding carboxylic acids is 2. The van der Waals surface area contributed by atoms with Crippen molar-refractivity contribution in [1.29, 1.82) is 0 Å². The predicted molar refractivity (Wildman–Crippen MR) is 53.1 cm³/mol. The van der Waals surface area contributed by atoms with Gasteiger partial charge >= 0.3 is 5.97 Å². The van der Waals surface area contributed by atoms with Crippen molar-refractivity contribution in [2.24, 2.45) is 0 Å². The monoisotopic (exact) mass is 234 g/mol. The highest BCUT2D eigenvalue weighted by molar-refractivity contribution is 7.92. The number of hydrogen-bond donors (Lipinski definition) is 0. The molecule has 0 heterocycles. The Morgan fingerprint density at radius 2 is 2.20 bits per heavy atom. The molecule has 1 fully saturated rings. The maximum absolute atomic E-state index is 11.6. The summed E-state index contributed by atoms with van der Waals surface area (Å²) in [7, 11) is -2.10. The van der Waals surface area contributed by atoms with Crippen LogP contribution in [0.15, 0.2) is 0 Å². The van der Waals surface area contributed by atoms with Crippen molar-refractivity contribution in [3.63, 3.8) is 0 Å². The number of sulfone groups is 1. The van der Waals surface area contributed by atoms with Crippen LogP contribution < -0.4 is 0 Å². The largest absolute Gasteiger partial charge is 0.469 e. The summed E-state index contributed by atoms with van der Waals surface area (Å²) in [5, 5.41) is -0.588. The Hall–Kier alpha value is -0.910. The van der Waals surface area contributed by atoms with Gasteiger partial charge in [0, 0.05) is 12.8 Å². The molecule has 1 rings (SSSR count). The van der Waals surface area contributed by atoms with E-state index in [4.69, 9.17) is 0 Å². The van der Waals surface area contributed by atoms with Gasteiger partial charge in [0.15, 0.2) is 9.84 Å². The third kappa shape index (κ3) is 3.30. The average Bonchev–Trinajstić information content (AvgIpc) is 2.62. The number of hydrogen-bond acceptors (Lipinski definition) is 5. The topological polar surface area (TPSA) is 77.5 Å². The molecule has 0 aromatic heterocycles. The van der Waals surface area contributed by atoms with E-state index in [-0.39, 0.29) is 24.4 Å². The second-order valence-corrected chi connectivity index (χ2v) is 6.00. The molecule has 0 amide bonds. The van der Waals surface area contributed by atoms with Crippen molar-refractivity contribution in [1.82, 2.24) is 0 Å². The molecule has 15 heavy (non-hydrogen) atoms. The molecule has 0 aromatic carbocycles. The molecule has 86 valence electrons. The second kappa shape index (κ2) is 4.74. The molecule has 0 radical (unpaired) electrons. The van der Waals surface area contributed by atoms with Crippen LogP contribution in [0.1, 0.15) is 25.7 Å². The molecule has 1 aliphatic carbocycles. The average molecular weight is 234 g/mol. The van der Waals surface area contributed by atoms with Crippen molar-refractivity contribution in [2.75, 3.05) is 12.9 Å². The number of Topliss-reactive ketones (excluding diaryl/α,β-unsaturated/α-hetero) is 1. The lowest BCUT2D eigenvalue weighted by atomic mass is 10.4. The fourth-order valence-electron chi connectivity index (χ4n) is 1.58. The molecule has 0 bridgehead atoms. The molecule has 0 aliphatic heterocycles. The predicted octanol–water partition coefficient (Wildman–Crippen LogP) is 0.0859. The van der Waals surface area contributed by atoms with Gasteiger partial charge in [-0.25, -0.2) is 8.42 Å². The Balaban J connectivity index is 2.52. The lowest BCUT2D eigenvalue weighted by Crippen LogP contribution is -2.23. The van der Waals surface area contributed by atoms with Crippen LogP contribution in [0.25, 0.3) is 0 Å². The van der Waals surface area contributed by atoms with Crippen LogP contribution in [0.3, 0.4) is 0 Å². The summed E-state index contributed by atoms with van der Waals surface area (Å²) in [5.74, 6) is -0.776. The van der Waals surface area contributed by atoms with E-state index < -0.39 is 21.1 Å². The number of esters is 1. The van der Waals surface area contributed by atoms with E-state index >= 15 is 0 Å². The van der Waals surface area contributed by atoms with E-state index in [2.05, 4.69) is 4.74 Å². The van der Waals surface area contributed by atoms with Crippen LogP contribution in [0.2, 0.25) is 0 Å². The van der Waals surface area contributed by atoms with Gasteiger partial charge < -0.3 is 4.74 Å². The second-order valence-electron chi connectivity index (χ2n) is 3.60. The highest BCUT2D eigenvalue weighted by Crippen LogP contribution is 2.23. The van der Waals surface area contributed by atoms with Gasteiger partial charge in [-0.15, -0.1) is 0 Å². The van der Waals surface area contributed by atoms with Crippen molar-refractivity contribution >= 4 is 21.6 Å². The van der Waals surface area contributed by atoms with Crippen LogP contribution in [-0.4, -0.2) is 38.3 Å². The Morgan fingerprint density at radius 1 is 1.53 bits per heavy atom. The molecule has 0 N–H and O–H groups in total. The van der Waals surface area contributed by atoms with Gasteiger partial charge in [0.25, 0.3) is 0 Å². The van der Waals surface area contributed by atoms with E-state index in [0.29, 0.717) is 12.8 Å². The third-order valence-corrected chi connectivity index (χ3v) is 4.72. The number of rotatable bonds is 4. The maximum Gasteiger partial charge on any atom is 0.306 e. The van der Waals surface area contributed by atoms with Crippen LogP contribution in [0.5, 0.6) is 0 Å². The molecule has 0 spiro atoms. The van der Waals surface area contributed by atoms with Crippen molar-refractivity contribution in [3.05, 3.63) is 0 Å². The quantitative estimate of drug-likeness (QED) is 0.644. The normalized spacial score (nSPS) is 21.7. The lowest BCUT2D eigenvalue weighted by Gasteiger charge is -2.08. The zero-order valence-electron chi connectivity index (χ0n) is 8.56. The molecule has 6 heteroatoms. The van der Waals surface area contributed by atoms with E-state index in [1.807, 2.05) is 0 Å². The van der Waals surface area contributed by atoms with E-state index in [0.717, 1.165) is 0 Å². The summed E-state index contributed by atoms with van der Waals surface area (Å²) < 4.78 is 27.6. The zero-order valence-corrected chi connectivity index (χ0v) is 9.38. The molecule has 1 saturated carbocycles. The molecule has 1 atom stereocenters. The van der Waals surface area contributed by atoms with Gasteiger partial charge in [-0.2, -0.15) is 0 Å². The van der Waals surface area contributed by atoms with Crippen molar-refractivity contribution in [2.45, 2.75) is 30.9 Å². The van der Waals surface area contributed by atoms with Gasteiger partial charge in [0.2, 0.25) is 0 Å². The lowest BCUT2D eigenvalue weighted by molar-refractivity contribution is -0.140. The highest BCUT2D eigenvalue weighted by atomic mass is 32.2.